The molecule has 0 radical (unpaired) electrons. The fourth-order valence-corrected chi connectivity index (χ4v) is 3.90. The van der Waals surface area contributed by atoms with Crippen LogP contribution in [0.2, 0.25) is 0 Å². The second-order valence-electron chi connectivity index (χ2n) is 7.42. The van der Waals surface area contributed by atoms with Crippen LogP contribution in [-0.4, -0.2) is 37.6 Å². The molecule has 2 fully saturated rings. The van der Waals surface area contributed by atoms with E-state index < -0.39 is 16.6 Å². The van der Waals surface area contributed by atoms with Crippen molar-refractivity contribution in [2.75, 3.05) is 37.0 Å². The second kappa shape index (κ2) is 8.21. The summed E-state index contributed by atoms with van der Waals surface area (Å²) in [6, 6.07) is 7.78. The summed E-state index contributed by atoms with van der Waals surface area (Å²) in [5.74, 6) is -0.673. The number of methoxy groups -OCH3 is 1. The van der Waals surface area contributed by atoms with Crippen LogP contribution in [0, 0.1) is 33.6 Å². The lowest BCUT2D eigenvalue weighted by molar-refractivity contribution is -0.384. The second-order valence-corrected chi connectivity index (χ2v) is 7.42. The van der Waals surface area contributed by atoms with Crippen LogP contribution < -0.4 is 20.3 Å². The van der Waals surface area contributed by atoms with Crippen molar-refractivity contribution in [3.63, 3.8) is 0 Å². The highest BCUT2D eigenvalue weighted by atomic mass is 19.1. The van der Waals surface area contributed by atoms with Gasteiger partial charge in [0.15, 0.2) is 0 Å². The number of nitro groups is 1. The summed E-state index contributed by atoms with van der Waals surface area (Å²) in [6.45, 7) is 1.05. The van der Waals surface area contributed by atoms with Crippen molar-refractivity contribution in [1.82, 2.24) is 5.32 Å². The lowest BCUT2D eigenvalue weighted by Crippen LogP contribution is -2.27. The Labute approximate surface area is 176 Å². The Morgan fingerprint density at radius 3 is 2.65 bits per heavy atom. The Morgan fingerprint density at radius 2 is 2.00 bits per heavy atom. The third kappa shape index (κ3) is 4.27. The summed E-state index contributed by atoms with van der Waals surface area (Å²) in [5, 5.41) is 16.6. The van der Waals surface area contributed by atoms with E-state index in [0.29, 0.717) is 24.5 Å². The number of nitro benzene ring substituents is 1. The number of amides is 1. The number of rotatable bonds is 7. The largest absolute Gasteiger partial charge is 0.497 e. The first-order chi connectivity index (χ1) is 14.9. The Balaban J connectivity index is 1.30. The van der Waals surface area contributed by atoms with Gasteiger partial charge in [-0.1, -0.05) is 0 Å². The fourth-order valence-electron chi connectivity index (χ4n) is 3.90. The van der Waals surface area contributed by atoms with E-state index >= 15 is 0 Å². The lowest BCUT2D eigenvalue weighted by atomic mass is 10.2. The molecule has 1 aliphatic heterocycles. The van der Waals surface area contributed by atoms with E-state index in [2.05, 4.69) is 10.6 Å². The van der Waals surface area contributed by atoms with Gasteiger partial charge in [0, 0.05) is 49.3 Å². The third-order valence-electron chi connectivity index (χ3n) is 5.56. The highest BCUT2D eigenvalue weighted by molar-refractivity contribution is 5.83. The van der Waals surface area contributed by atoms with E-state index in [1.807, 2.05) is 4.90 Å². The first-order valence-electron chi connectivity index (χ1n) is 9.63. The molecule has 162 valence electrons. The van der Waals surface area contributed by atoms with Gasteiger partial charge in [0.2, 0.25) is 5.91 Å². The number of halogens is 2. The molecule has 2 unspecified atom stereocenters. The summed E-state index contributed by atoms with van der Waals surface area (Å²) in [5.41, 5.74) is 1.48. The quantitative estimate of drug-likeness (QED) is 0.518. The van der Waals surface area contributed by atoms with Gasteiger partial charge in [-0.15, -0.1) is 0 Å². The van der Waals surface area contributed by atoms with Crippen molar-refractivity contribution >= 4 is 23.0 Å². The molecule has 2 N–H and O–H groups in total. The van der Waals surface area contributed by atoms with Crippen molar-refractivity contribution < 1.29 is 23.2 Å². The van der Waals surface area contributed by atoms with Crippen LogP contribution in [0.4, 0.5) is 25.8 Å². The fraction of sp³-hybridized carbons (Fsp3) is 0.286. The number of benzene rings is 2. The van der Waals surface area contributed by atoms with Crippen molar-refractivity contribution in [3.8, 4) is 5.75 Å². The van der Waals surface area contributed by atoms with Gasteiger partial charge in [0.05, 0.1) is 24.3 Å². The van der Waals surface area contributed by atoms with Gasteiger partial charge in [0.25, 0.3) is 5.69 Å². The van der Waals surface area contributed by atoms with Gasteiger partial charge < -0.3 is 20.3 Å². The zero-order chi connectivity index (χ0) is 22.1. The molecule has 1 aliphatic carbocycles. The van der Waals surface area contributed by atoms with Crippen molar-refractivity contribution in [2.24, 2.45) is 11.8 Å². The Kier molecular flexibility index (Phi) is 5.45. The molecule has 1 saturated carbocycles. The average Bonchev–Trinajstić information content (AvgIpc) is 3.19. The Bertz CT molecular complexity index is 1060. The number of nitrogens with one attached hydrogen (secondary N) is 2. The molecule has 1 amide bonds. The minimum Gasteiger partial charge on any atom is -0.497 e. The normalized spacial score (nSPS) is 18.9. The van der Waals surface area contributed by atoms with Crippen LogP contribution in [0.25, 0.3) is 0 Å². The average molecular weight is 430 g/mol. The summed E-state index contributed by atoms with van der Waals surface area (Å²) in [4.78, 5) is 24.6. The minimum atomic E-state index is -0.609. The molecule has 4 rings (SSSR count). The molecule has 0 aromatic heterocycles. The topological polar surface area (TPSA) is 96.7 Å². The minimum absolute atomic E-state index is 0.153. The van der Waals surface area contributed by atoms with E-state index in [-0.39, 0.29) is 35.7 Å². The number of carbonyl (C=O) groups is 1. The van der Waals surface area contributed by atoms with Crippen LogP contribution in [0.3, 0.4) is 0 Å². The molecule has 2 aliphatic rings. The highest BCUT2D eigenvalue weighted by Gasteiger charge is 2.51. The molecule has 10 heteroatoms. The molecule has 8 nitrogen and oxygen atoms in total. The van der Waals surface area contributed by atoms with Gasteiger partial charge in [-0.05, 0) is 23.8 Å². The van der Waals surface area contributed by atoms with Crippen molar-refractivity contribution in [2.45, 2.75) is 0 Å². The smallest absolute Gasteiger partial charge is 0.292 e. The SMILES string of the molecule is COc1ccc([N+](=O)[O-])c(NCC(=O)NC=C2C3CN(c4ccc(F)cc4F)CC23)c1. The molecule has 0 bridgehead atoms. The maximum Gasteiger partial charge on any atom is 0.292 e. The van der Waals surface area contributed by atoms with Crippen LogP contribution in [0.15, 0.2) is 48.2 Å². The zero-order valence-electron chi connectivity index (χ0n) is 16.6. The number of ether oxygens (including phenoxy) is 1. The number of piperidine rings is 1. The molecule has 31 heavy (non-hydrogen) atoms. The van der Waals surface area contributed by atoms with E-state index in [1.54, 1.807) is 6.20 Å². The van der Waals surface area contributed by atoms with E-state index in [1.165, 1.54) is 37.4 Å². The van der Waals surface area contributed by atoms with Crippen molar-refractivity contribution in [3.05, 3.63) is 69.9 Å². The summed E-state index contributed by atoms with van der Waals surface area (Å²) in [6.07, 6.45) is 1.65. The summed E-state index contributed by atoms with van der Waals surface area (Å²) < 4.78 is 32.1. The molecule has 2 aromatic rings. The van der Waals surface area contributed by atoms with Crippen LogP contribution in [0.5, 0.6) is 5.75 Å². The van der Waals surface area contributed by atoms with Gasteiger partial charge in [-0.3, -0.25) is 14.9 Å². The number of fused-ring (bicyclic) bond motifs is 1. The zero-order valence-corrected chi connectivity index (χ0v) is 16.6. The standard InChI is InChI=1S/C21H20F2N4O4/c1-31-13-3-5-20(27(29)30)18(7-13)24-9-21(28)25-8-14-15-10-26(11-16(14)15)19-4-2-12(22)6-17(19)23/h2-8,15-16,24H,9-11H2,1H3,(H,25,28). The molecule has 1 saturated heterocycles. The number of anilines is 2. The van der Waals surface area contributed by atoms with Crippen LogP contribution in [-0.2, 0) is 4.79 Å². The molecular weight excluding hydrogens is 410 g/mol. The number of carbonyl (C=O) groups excluding carboxylic acids is 1. The van der Waals surface area contributed by atoms with Gasteiger partial charge in [0.1, 0.15) is 23.1 Å². The first-order valence-corrected chi connectivity index (χ1v) is 9.63. The molecule has 1 heterocycles. The number of hydrogen-bond donors (Lipinski definition) is 2. The van der Waals surface area contributed by atoms with E-state index in [9.17, 15) is 23.7 Å². The molecule has 2 aromatic carbocycles. The summed E-state index contributed by atoms with van der Waals surface area (Å²) in [7, 11) is 1.45. The third-order valence-corrected chi connectivity index (χ3v) is 5.56. The lowest BCUT2D eigenvalue weighted by Gasteiger charge is -2.21. The van der Waals surface area contributed by atoms with E-state index in [4.69, 9.17) is 4.74 Å². The molecular formula is C21H20F2N4O4. The first kappa shape index (κ1) is 20.6. The monoisotopic (exact) mass is 430 g/mol. The van der Waals surface area contributed by atoms with Crippen molar-refractivity contribution in [1.29, 1.82) is 0 Å². The highest BCUT2D eigenvalue weighted by Crippen LogP contribution is 2.51. The van der Waals surface area contributed by atoms with Crippen LogP contribution in [0.1, 0.15) is 0 Å². The predicted molar refractivity (Wildman–Crippen MR) is 110 cm³/mol. The summed E-state index contributed by atoms with van der Waals surface area (Å²) >= 11 is 0. The van der Waals surface area contributed by atoms with Gasteiger partial charge in [-0.25, -0.2) is 8.78 Å². The van der Waals surface area contributed by atoms with Gasteiger partial charge >= 0.3 is 0 Å². The van der Waals surface area contributed by atoms with Crippen LogP contribution >= 0.6 is 0 Å². The maximum absolute atomic E-state index is 13.9. The predicted octanol–water partition coefficient (Wildman–Crippen LogP) is 3.06. The number of hydrogen-bond acceptors (Lipinski definition) is 6. The van der Waals surface area contributed by atoms with E-state index in [0.717, 1.165) is 11.6 Å². The van der Waals surface area contributed by atoms with Gasteiger partial charge in [-0.2, -0.15) is 0 Å². The molecule has 2 atom stereocenters. The Hall–Kier alpha value is -3.69. The molecule has 0 spiro atoms. The number of nitrogens with zero attached hydrogens (tertiary/aromatic N) is 2. The Morgan fingerprint density at radius 1 is 1.26 bits per heavy atom. The maximum atomic E-state index is 13.9.